The first-order valence-electron chi connectivity index (χ1n) is 17.1. The summed E-state index contributed by atoms with van der Waals surface area (Å²) in [4.78, 5) is 38.6. The lowest BCUT2D eigenvalue weighted by molar-refractivity contribution is -0.270. The number of rotatable bonds is 23. The smallest absolute Gasteiger partial charge is 0.234 e. The molecule has 1 spiro atoms. The van der Waals surface area contributed by atoms with Gasteiger partial charge < -0.3 is 60.5 Å². The number of aliphatic hydroxyl groups is 3. The SMILES string of the molecule is CCNC(=O)CCCCCNC(=O)CN(CCN([O-])CCO[C@@H]1OCCCC12CC2)CC(=O)NCCO[C@@H]1O[C@H](CO)C[C@H](O)[C@@H]1O. The van der Waals surface area contributed by atoms with Crippen molar-refractivity contribution in [2.45, 2.75) is 95.6 Å². The van der Waals surface area contributed by atoms with Gasteiger partial charge in [0.05, 0.1) is 45.1 Å². The Kier molecular flexibility index (Phi) is 17.8. The third-order valence-corrected chi connectivity index (χ3v) is 8.68. The molecule has 3 aliphatic rings. The predicted octanol–water partition coefficient (Wildman–Crippen LogP) is -1.20. The van der Waals surface area contributed by atoms with E-state index in [-0.39, 0.29) is 89.0 Å². The zero-order chi connectivity index (χ0) is 34.1. The van der Waals surface area contributed by atoms with Crippen molar-refractivity contribution in [3.63, 3.8) is 0 Å². The summed E-state index contributed by atoms with van der Waals surface area (Å²) in [5, 5.41) is 51.1. The highest BCUT2D eigenvalue weighted by Gasteiger charge is 2.52. The van der Waals surface area contributed by atoms with Crippen molar-refractivity contribution in [3.8, 4) is 0 Å². The average Bonchev–Trinajstić information content (AvgIpc) is 3.82. The summed E-state index contributed by atoms with van der Waals surface area (Å²) >= 11 is 0. The van der Waals surface area contributed by atoms with Crippen LogP contribution >= 0.6 is 0 Å². The normalized spacial score (nSPS) is 25.2. The van der Waals surface area contributed by atoms with E-state index in [1.54, 1.807) is 4.90 Å². The maximum Gasteiger partial charge on any atom is 0.234 e. The fourth-order valence-corrected chi connectivity index (χ4v) is 5.78. The second kappa shape index (κ2) is 21.2. The summed E-state index contributed by atoms with van der Waals surface area (Å²) in [7, 11) is 0. The van der Waals surface area contributed by atoms with Gasteiger partial charge in [-0.05, 0) is 52.0 Å². The number of nitrogens with one attached hydrogen (secondary N) is 3. The molecule has 2 heterocycles. The zero-order valence-corrected chi connectivity index (χ0v) is 27.7. The number of hydrogen-bond acceptors (Lipinski definition) is 13. The van der Waals surface area contributed by atoms with Crippen molar-refractivity contribution in [1.82, 2.24) is 25.9 Å². The van der Waals surface area contributed by atoms with Crippen LogP contribution in [-0.4, -0.2) is 153 Å². The summed E-state index contributed by atoms with van der Waals surface area (Å²) in [6.07, 6.45) is 2.58. The predicted molar refractivity (Wildman–Crippen MR) is 169 cm³/mol. The Morgan fingerprint density at radius 1 is 0.915 bits per heavy atom. The number of unbranched alkanes of at least 4 members (excludes halogenated alkanes) is 2. The van der Waals surface area contributed by atoms with Gasteiger partial charge in [0.25, 0.3) is 0 Å². The number of hydroxylamine groups is 2. The molecular weight excluding hydrogens is 618 g/mol. The van der Waals surface area contributed by atoms with Crippen LogP contribution in [0.3, 0.4) is 0 Å². The Morgan fingerprint density at radius 3 is 2.36 bits per heavy atom. The van der Waals surface area contributed by atoms with E-state index in [2.05, 4.69) is 16.0 Å². The molecule has 0 radical (unpaired) electrons. The monoisotopic (exact) mass is 674 g/mol. The van der Waals surface area contributed by atoms with E-state index in [9.17, 15) is 34.9 Å². The van der Waals surface area contributed by atoms with Crippen molar-refractivity contribution in [1.29, 1.82) is 0 Å². The molecule has 0 aromatic heterocycles. The largest absolute Gasteiger partial charge is 0.785 e. The summed E-state index contributed by atoms with van der Waals surface area (Å²) in [5.74, 6) is -0.662. The zero-order valence-electron chi connectivity index (χ0n) is 27.7. The van der Waals surface area contributed by atoms with Gasteiger partial charge in [0, 0.05) is 57.6 Å². The number of nitrogens with zero attached hydrogens (tertiary/aromatic N) is 2. The minimum absolute atomic E-state index is 0.0131. The second-order valence-electron chi connectivity index (χ2n) is 12.6. The highest BCUT2D eigenvalue weighted by Crippen LogP contribution is 2.55. The third-order valence-electron chi connectivity index (χ3n) is 8.68. The highest BCUT2D eigenvalue weighted by molar-refractivity contribution is 5.81. The number of amides is 3. The van der Waals surface area contributed by atoms with Gasteiger partial charge >= 0.3 is 0 Å². The molecule has 3 rings (SSSR count). The molecule has 0 bridgehead atoms. The number of carbonyl (C=O) groups excluding carboxylic acids is 3. The Bertz CT molecular complexity index is 944. The summed E-state index contributed by atoms with van der Waals surface area (Å²) < 4.78 is 22.6. The Balaban J connectivity index is 1.39. The Hall–Kier alpha value is -1.99. The molecular formula is C31H56N5O11-. The average molecular weight is 675 g/mol. The molecule has 5 atom stereocenters. The van der Waals surface area contributed by atoms with Crippen LogP contribution in [-0.2, 0) is 33.3 Å². The number of carbonyl (C=O) groups is 3. The van der Waals surface area contributed by atoms with Crippen molar-refractivity contribution in [3.05, 3.63) is 5.21 Å². The van der Waals surface area contributed by atoms with Gasteiger partial charge in [-0.25, -0.2) is 0 Å². The number of hydrogen-bond donors (Lipinski definition) is 6. The van der Waals surface area contributed by atoms with Crippen molar-refractivity contribution < 1.29 is 48.7 Å². The van der Waals surface area contributed by atoms with Crippen LogP contribution in [0.15, 0.2) is 0 Å². The summed E-state index contributed by atoms with van der Waals surface area (Å²) in [5.41, 5.74) is 0.116. The van der Waals surface area contributed by atoms with E-state index in [1.165, 1.54) is 0 Å². The van der Waals surface area contributed by atoms with Gasteiger partial charge in [-0.15, -0.1) is 0 Å². The highest BCUT2D eigenvalue weighted by atomic mass is 16.7. The minimum atomic E-state index is -1.28. The Labute approximate surface area is 277 Å². The van der Waals surface area contributed by atoms with Crippen LogP contribution in [0.25, 0.3) is 0 Å². The van der Waals surface area contributed by atoms with Crippen LogP contribution in [0.5, 0.6) is 0 Å². The molecule has 3 amide bonds. The molecule has 16 nitrogen and oxygen atoms in total. The molecule has 3 fully saturated rings. The fraction of sp³-hybridized carbons (Fsp3) is 0.903. The van der Waals surface area contributed by atoms with Gasteiger partial charge in [0.1, 0.15) is 6.10 Å². The third kappa shape index (κ3) is 14.6. The fourth-order valence-electron chi connectivity index (χ4n) is 5.78. The lowest BCUT2D eigenvalue weighted by Gasteiger charge is -2.36. The lowest BCUT2D eigenvalue weighted by Crippen LogP contribution is -2.51. The van der Waals surface area contributed by atoms with Crippen LogP contribution in [0, 0.1) is 10.6 Å². The number of ether oxygens (including phenoxy) is 4. The molecule has 16 heteroatoms. The second-order valence-corrected chi connectivity index (χ2v) is 12.6. The molecule has 0 aromatic rings. The van der Waals surface area contributed by atoms with E-state index < -0.39 is 30.5 Å². The molecule has 0 unspecified atom stereocenters. The molecule has 1 aliphatic carbocycles. The van der Waals surface area contributed by atoms with Crippen molar-refractivity contribution in [2.24, 2.45) is 5.41 Å². The maximum atomic E-state index is 12.7. The van der Waals surface area contributed by atoms with Crippen LogP contribution in [0.4, 0.5) is 0 Å². The molecule has 1 saturated carbocycles. The van der Waals surface area contributed by atoms with E-state index in [1.807, 2.05) is 6.92 Å². The van der Waals surface area contributed by atoms with E-state index >= 15 is 0 Å². The van der Waals surface area contributed by atoms with Crippen LogP contribution in [0.1, 0.15) is 64.7 Å². The molecule has 6 N–H and O–H groups in total. The lowest BCUT2D eigenvalue weighted by atomic mass is 9.97. The van der Waals surface area contributed by atoms with Gasteiger partial charge in [-0.2, -0.15) is 0 Å². The van der Waals surface area contributed by atoms with Gasteiger partial charge in [-0.3, -0.25) is 19.3 Å². The van der Waals surface area contributed by atoms with Crippen LogP contribution in [0.2, 0.25) is 0 Å². The van der Waals surface area contributed by atoms with Gasteiger partial charge in [0.2, 0.25) is 17.7 Å². The Morgan fingerprint density at radius 2 is 1.66 bits per heavy atom. The van der Waals surface area contributed by atoms with Crippen molar-refractivity contribution >= 4 is 17.7 Å². The molecule has 47 heavy (non-hydrogen) atoms. The van der Waals surface area contributed by atoms with Crippen molar-refractivity contribution in [2.75, 3.05) is 78.8 Å². The molecule has 272 valence electrons. The molecule has 2 aliphatic heterocycles. The summed E-state index contributed by atoms with van der Waals surface area (Å²) in [6, 6.07) is 0. The first-order valence-corrected chi connectivity index (χ1v) is 17.1. The topological polar surface area (TPSA) is 214 Å². The number of aliphatic hydroxyl groups excluding tert-OH is 3. The maximum absolute atomic E-state index is 12.7. The molecule has 2 saturated heterocycles. The quantitative estimate of drug-likeness (QED) is 0.0556. The first kappa shape index (κ1) is 39.4. The van der Waals surface area contributed by atoms with Gasteiger partial charge in [0.15, 0.2) is 12.6 Å². The van der Waals surface area contributed by atoms with E-state index in [0.29, 0.717) is 32.5 Å². The summed E-state index contributed by atoms with van der Waals surface area (Å²) in [6.45, 7) is 3.64. The molecule has 0 aromatic carbocycles. The van der Waals surface area contributed by atoms with Gasteiger partial charge in [-0.1, -0.05) is 6.42 Å². The van der Waals surface area contributed by atoms with E-state index in [4.69, 9.17) is 18.9 Å². The van der Waals surface area contributed by atoms with E-state index in [0.717, 1.165) is 43.6 Å². The standard InChI is InChI=1S/C31H56N5O11/c1-2-32-25(39)7-4-3-5-11-33-26(40)20-35(13-14-36(43)15-18-46-30-31(9-10-31)8-6-16-45-30)21-27(41)34-12-17-44-29-28(42)24(38)19-23(22-37)47-29/h23-24,28-30,37-38,42H,2-22H2,1H3,(H,32,39)(H,33,40)(H,34,41)/q-1/t23-,24-,28-,29+,30-/m0/s1. The van der Waals surface area contributed by atoms with Crippen LogP contribution < -0.4 is 16.0 Å². The first-order chi connectivity index (χ1) is 22.7. The minimum Gasteiger partial charge on any atom is -0.785 e.